The van der Waals surface area contributed by atoms with Gasteiger partial charge in [-0.1, -0.05) is 12.1 Å². The number of nitrogens with two attached hydrogens (primary N) is 1. The molecule has 5 heteroatoms. The highest BCUT2D eigenvalue weighted by Gasteiger charge is 2.12. The number of nitrogens with zero attached hydrogens (tertiary/aromatic N) is 1. The molecule has 0 aromatic heterocycles. The smallest absolute Gasteiger partial charge is 0.387 e. The quantitative estimate of drug-likeness (QED) is 0.802. The second-order valence-corrected chi connectivity index (χ2v) is 2.49. The van der Waals surface area contributed by atoms with Crippen molar-refractivity contribution in [2.75, 3.05) is 0 Å². The molecule has 3 nitrogen and oxygen atoms in total. The molecule has 1 aromatic rings. The van der Waals surface area contributed by atoms with Crippen molar-refractivity contribution in [3.05, 3.63) is 29.3 Å². The number of hydrogen-bond acceptors (Lipinski definition) is 3. The molecule has 0 amide bonds. The highest BCUT2D eigenvalue weighted by molar-refractivity contribution is 5.48. The number of alkyl halides is 2. The molecule has 0 aliphatic heterocycles. The summed E-state index contributed by atoms with van der Waals surface area (Å²) in [4.78, 5) is 0. The van der Waals surface area contributed by atoms with E-state index < -0.39 is 6.61 Å². The van der Waals surface area contributed by atoms with E-state index in [4.69, 9.17) is 11.0 Å². The van der Waals surface area contributed by atoms with Gasteiger partial charge in [-0.2, -0.15) is 14.0 Å². The number of ether oxygens (including phenoxy) is 1. The van der Waals surface area contributed by atoms with Crippen molar-refractivity contribution in [3.63, 3.8) is 0 Å². The Balaban J connectivity index is 3.14. The largest absolute Gasteiger partial charge is 0.433 e. The SMILES string of the molecule is N#Cc1cccc(CN)c1OC(F)F. The van der Waals surface area contributed by atoms with Gasteiger partial charge in [0.25, 0.3) is 0 Å². The molecule has 74 valence electrons. The fraction of sp³-hybridized carbons (Fsp3) is 0.222. The molecule has 0 saturated heterocycles. The summed E-state index contributed by atoms with van der Waals surface area (Å²) in [5.41, 5.74) is 5.77. The molecular weight excluding hydrogens is 190 g/mol. The molecule has 1 rings (SSSR count). The van der Waals surface area contributed by atoms with Crippen LogP contribution in [0.5, 0.6) is 5.75 Å². The minimum Gasteiger partial charge on any atom is -0.433 e. The maximum Gasteiger partial charge on any atom is 0.387 e. The standard InChI is InChI=1S/C9H8F2N2O/c10-9(11)14-8-6(4-12)2-1-3-7(8)5-13/h1-3,9H,4,12H2. The first-order chi connectivity index (χ1) is 6.69. The predicted molar refractivity (Wildman–Crippen MR) is 45.7 cm³/mol. The highest BCUT2D eigenvalue weighted by Crippen LogP contribution is 2.24. The maximum absolute atomic E-state index is 12.0. The van der Waals surface area contributed by atoms with E-state index in [-0.39, 0.29) is 17.9 Å². The molecule has 0 aliphatic carbocycles. The van der Waals surface area contributed by atoms with Crippen molar-refractivity contribution in [1.29, 1.82) is 5.26 Å². The van der Waals surface area contributed by atoms with Crippen LogP contribution in [0, 0.1) is 11.3 Å². The van der Waals surface area contributed by atoms with Crippen LogP contribution in [0.25, 0.3) is 0 Å². The number of hydrogen-bond donors (Lipinski definition) is 1. The third-order valence-electron chi connectivity index (χ3n) is 1.64. The molecule has 0 heterocycles. The molecule has 0 atom stereocenters. The number of benzene rings is 1. The number of halogens is 2. The van der Waals surface area contributed by atoms with E-state index in [1.54, 1.807) is 18.2 Å². The van der Waals surface area contributed by atoms with Crippen LogP contribution in [-0.4, -0.2) is 6.61 Å². The summed E-state index contributed by atoms with van der Waals surface area (Å²) in [5, 5.41) is 8.64. The monoisotopic (exact) mass is 198 g/mol. The van der Waals surface area contributed by atoms with Crippen LogP contribution in [-0.2, 0) is 6.54 Å². The first kappa shape index (κ1) is 10.4. The number of nitriles is 1. The topological polar surface area (TPSA) is 59.0 Å². The second kappa shape index (κ2) is 4.53. The Hall–Kier alpha value is -1.67. The fourth-order valence-electron chi connectivity index (χ4n) is 1.06. The van der Waals surface area contributed by atoms with E-state index in [1.807, 2.05) is 0 Å². The molecule has 0 fully saturated rings. The van der Waals surface area contributed by atoms with Crippen LogP contribution < -0.4 is 10.5 Å². The van der Waals surface area contributed by atoms with Gasteiger partial charge in [-0.05, 0) is 6.07 Å². The Labute approximate surface area is 79.7 Å². The first-order valence-electron chi connectivity index (χ1n) is 3.86. The molecule has 0 radical (unpaired) electrons. The molecule has 0 unspecified atom stereocenters. The van der Waals surface area contributed by atoms with Gasteiger partial charge in [0.1, 0.15) is 11.8 Å². The lowest BCUT2D eigenvalue weighted by Crippen LogP contribution is -2.08. The summed E-state index contributed by atoms with van der Waals surface area (Å²) >= 11 is 0. The van der Waals surface area contributed by atoms with E-state index in [9.17, 15) is 8.78 Å². The molecule has 0 aliphatic rings. The lowest BCUT2D eigenvalue weighted by molar-refractivity contribution is -0.0506. The van der Waals surface area contributed by atoms with Crippen molar-refractivity contribution >= 4 is 0 Å². The predicted octanol–water partition coefficient (Wildman–Crippen LogP) is 1.62. The minimum absolute atomic E-state index is 0.0531. The van der Waals surface area contributed by atoms with Crippen molar-refractivity contribution in [2.24, 2.45) is 5.73 Å². The van der Waals surface area contributed by atoms with Crippen molar-refractivity contribution < 1.29 is 13.5 Å². The van der Waals surface area contributed by atoms with Gasteiger partial charge < -0.3 is 10.5 Å². The Bertz CT molecular complexity index is 360. The van der Waals surface area contributed by atoms with Gasteiger partial charge in [-0.25, -0.2) is 0 Å². The third kappa shape index (κ3) is 2.18. The van der Waals surface area contributed by atoms with Crippen molar-refractivity contribution in [1.82, 2.24) is 0 Å². The van der Waals surface area contributed by atoms with Crippen LogP contribution in [0.2, 0.25) is 0 Å². The molecule has 0 spiro atoms. The van der Waals surface area contributed by atoms with Crippen molar-refractivity contribution in [2.45, 2.75) is 13.2 Å². The zero-order valence-electron chi connectivity index (χ0n) is 7.21. The van der Waals surface area contributed by atoms with Gasteiger partial charge in [0.15, 0.2) is 0 Å². The Morgan fingerprint density at radius 3 is 2.71 bits per heavy atom. The number of rotatable bonds is 3. The highest BCUT2D eigenvalue weighted by atomic mass is 19.3. The van der Waals surface area contributed by atoms with E-state index in [0.29, 0.717) is 5.56 Å². The third-order valence-corrected chi connectivity index (χ3v) is 1.64. The van der Waals surface area contributed by atoms with Gasteiger partial charge in [0.2, 0.25) is 0 Å². The Morgan fingerprint density at radius 2 is 2.21 bits per heavy atom. The molecular formula is C9H8F2N2O. The summed E-state index contributed by atoms with van der Waals surface area (Å²) in [7, 11) is 0. The second-order valence-electron chi connectivity index (χ2n) is 2.49. The van der Waals surface area contributed by atoms with Gasteiger partial charge in [0.05, 0.1) is 5.56 Å². The fourth-order valence-corrected chi connectivity index (χ4v) is 1.06. The summed E-state index contributed by atoms with van der Waals surface area (Å²) in [6.07, 6.45) is 0. The lowest BCUT2D eigenvalue weighted by Gasteiger charge is -2.10. The molecule has 14 heavy (non-hydrogen) atoms. The van der Waals surface area contributed by atoms with E-state index >= 15 is 0 Å². The summed E-state index contributed by atoms with van der Waals surface area (Å²) in [6, 6.07) is 6.27. The average molecular weight is 198 g/mol. The van der Waals surface area contributed by atoms with Crippen LogP contribution in [0.3, 0.4) is 0 Å². The zero-order valence-corrected chi connectivity index (χ0v) is 7.21. The Kier molecular flexibility index (Phi) is 3.37. The molecule has 1 aromatic carbocycles. The first-order valence-corrected chi connectivity index (χ1v) is 3.86. The van der Waals surface area contributed by atoms with E-state index in [2.05, 4.69) is 4.74 Å². The van der Waals surface area contributed by atoms with Crippen LogP contribution in [0.4, 0.5) is 8.78 Å². The van der Waals surface area contributed by atoms with Crippen LogP contribution in [0.15, 0.2) is 18.2 Å². The van der Waals surface area contributed by atoms with Gasteiger partial charge in [-0.15, -0.1) is 0 Å². The van der Waals surface area contributed by atoms with Gasteiger partial charge in [-0.3, -0.25) is 0 Å². The number of para-hydroxylation sites is 1. The summed E-state index contributed by atoms with van der Waals surface area (Å²) < 4.78 is 28.2. The minimum atomic E-state index is -2.95. The normalized spacial score (nSPS) is 9.93. The molecule has 0 bridgehead atoms. The van der Waals surface area contributed by atoms with E-state index in [1.165, 1.54) is 6.07 Å². The maximum atomic E-state index is 12.0. The average Bonchev–Trinajstić information content (AvgIpc) is 2.17. The van der Waals surface area contributed by atoms with Gasteiger partial charge >= 0.3 is 6.61 Å². The van der Waals surface area contributed by atoms with E-state index in [0.717, 1.165) is 0 Å². The zero-order chi connectivity index (χ0) is 10.6. The molecule has 0 saturated carbocycles. The van der Waals surface area contributed by atoms with Crippen molar-refractivity contribution in [3.8, 4) is 11.8 Å². The van der Waals surface area contributed by atoms with Crippen LogP contribution >= 0.6 is 0 Å². The van der Waals surface area contributed by atoms with Crippen LogP contribution in [0.1, 0.15) is 11.1 Å². The Morgan fingerprint density at radius 1 is 1.50 bits per heavy atom. The summed E-state index contributed by atoms with van der Waals surface area (Å²) in [5.74, 6) is -0.132. The van der Waals surface area contributed by atoms with Gasteiger partial charge in [0, 0.05) is 12.1 Å². The molecule has 2 N–H and O–H groups in total. The lowest BCUT2D eigenvalue weighted by atomic mass is 10.1. The summed E-state index contributed by atoms with van der Waals surface area (Å²) in [6.45, 7) is -2.90.